The SMILES string of the molecule is c1ccc(N[As+](Nc2ccccc2)(Nc2ccccc2)c2ccccc2)cc1. The zero-order valence-electron chi connectivity index (χ0n) is 15.5. The van der Waals surface area contributed by atoms with E-state index in [1.54, 1.807) is 0 Å². The molecule has 28 heavy (non-hydrogen) atoms. The molecule has 0 spiro atoms. The quantitative estimate of drug-likeness (QED) is 0.356. The number of hydrogen-bond acceptors (Lipinski definition) is 3. The van der Waals surface area contributed by atoms with Gasteiger partial charge in [-0.05, 0) is 0 Å². The Morgan fingerprint density at radius 1 is 0.357 bits per heavy atom. The molecule has 4 aromatic carbocycles. The van der Waals surface area contributed by atoms with Gasteiger partial charge >= 0.3 is 170 Å². The van der Waals surface area contributed by atoms with Crippen LogP contribution < -0.4 is 17.1 Å². The topological polar surface area (TPSA) is 36.1 Å². The zero-order chi connectivity index (χ0) is 19.1. The molecule has 4 rings (SSSR count). The molecule has 0 amide bonds. The van der Waals surface area contributed by atoms with Crippen LogP contribution in [-0.4, -0.2) is 14.2 Å². The summed E-state index contributed by atoms with van der Waals surface area (Å²) in [6.07, 6.45) is 0. The molecule has 4 aromatic rings. The Balaban J connectivity index is 1.82. The van der Waals surface area contributed by atoms with E-state index in [2.05, 4.69) is 116 Å². The molecule has 0 saturated heterocycles. The van der Waals surface area contributed by atoms with Crippen LogP contribution in [0, 0.1) is 0 Å². The zero-order valence-corrected chi connectivity index (χ0v) is 17.4. The van der Waals surface area contributed by atoms with E-state index in [1.165, 1.54) is 4.35 Å². The predicted octanol–water partition coefficient (Wildman–Crippen LogP) is 5.17. The summed E-state index contributed by atoms with van der Waals surface area (Å²) in [5, 5.41) is 0. The van der Waals surface area contributed by atoms with Gasteiger partial charge in [-0.1, -0.05) is 0 Å². The molecule has 0 fully saturated rings. The fourth-order valence-corrected chi connectivity index (χ4v) is 8.89. The third-order valence-electron chi connectivity index (χ3n) is 4.36. The van der Waals surface area contributed by atoms with E-state index in [0.29, 0.717) is 0 Å². The van der Waals surface area contributed by atoms with Crippen molar-refractivity contribution in [1.29, 1.82) is 0 Å². The summed E-state index contributed by atoms with van der Waals surface area (Å²) in [5.41, 5.74) is 3.27. The summed E-state index contributed by atoms with van der Waals surface area (Å²) in [5.74, 6) is 0. The van der Waals surface area contributed by atoms with Gasteiger partial charge in [-0.3, -0.25) is 0 Å². The van der Waals surface area contributed by atoms with Gasteiger partial charge in [0.15, 0.2) is 0 Å². The Labute approximate surface area is 169 Å². The van der Waals surface area contributed by atoms with Crippen LogP contribution in [0.25, 0.3) is 0 Å². The van der Waals surface area contributed by atoms with Gasteiger partial charge in [-0.2, -0.15) is 0 Å². The van der Waals surface area contributed by atoms with E-state index in [0.717, 1.165) is 17.1 Å². The minimum atomic E-state index is -3.10. The van der Waals surface area contributed by atoms with Crippen LogP contribution in [0.5, 0.6) is 0 Å². The maximum absolute atomic E-state index is 3.86. The van der Waals surface area contributed by atoms with Gasteiger partial charge in [0.2, 0.25) is 0 Å². The molecule has 3 nitrogen and oxygen atoms in total. The normalized spacial score (nSPS) is 10.9. The Hall–Kier alpha value is -3.16. The summed E-state index contributed by atoms with van der Waals surface area (Å²) >= 11 is -3.10. The molecule has 0 heterocycles. The molecule has 0 saturated carbocycles. The van der Waals surface area contributed by atoms with E-state index < -0.39 is 14.2 Å². The number of hydrogen-bond donors (Lipinski definition) is 3. The molecule has 4 heteroatoms. The summed E-state index contributed by atoms with van der Waals surface area (Å²) < 4.78 is 12.8. The van der Waals surface area contributed by atoms with Crippen molar-refractivity contribution >= 4 is 35.6 Å². The number of nitrogens with one attached hydrogen (secondary N) is 3. The molecule has 138 valence electrons. The van der Waals surface area contributed by atoms with Gasteiger partial charge in [0.05, 0.1) is 0 Å². The third kappa shape index (κ3) is 4.39. The Kier molecular flexibility index (Phi) is 5.65. The van der Waals surface area contributed by atoms with Crippen molar-refractivity contribution in [3.05, 3.63) is 121 Å². The Bertz CT molecular complexity index is 876. The molecule has 0 radical (unpaired) electrons. The number of anilines is 3. The minimum absolute atomic E-state index is 1.09. The van der Waals surface area contributed by atoms with Gasteiger partial charge in [0.1, 0.15) is 0 Å². The van der Waals surface area contributed by atoms with E-state index in [4.69, 9.17) is 0 Å². The number of benzene rings is 4. The third-order valence-corrected chi connectivity index (χ3v) is 10.3. The van der Waals surface area contributed by atoms with Crippen LogP contribution in [0.1, 0.15) is 0 Å². The predicted molar refractivity (Wildman–Crippen MR) is 122 cm³/mol. The van der Waals surface area contributed by atoms with Crippen molar-refractivity contribution in [3.63, 3.8) is 0 Å². The van der Waals surface area contributed by atoms with Crippen molar-refractivity contribution in [3.8, 4) is 0 Å². The molecule has 0 aliphatic rings. The fourth-order valence-electron chi connectivity index (χ4n) is 3.05. The summed E-state index contributed by atoms with van der Waals surface area (Å²) in [6.45, 7) is 0. The molecule has 0 aliphatic heterocycles. The van der Waals surface area contributed by atoms with E-state index in [9.17, 15) is 0 Å². The van der Waals surface area contributed by atoms with Crippen molar-refractivity contribution in [2.45, 2.75) is 0 Å². The first-order valence-corrected chi connectivity index (χ1v) is 13.0. The van der Waals surface area contributed by atoms with Gasteiger partial charge in [-0.25, -0.2) is 0 Å². The second kappa shape index (κ2) is 8.68. The van der Waals surface area contributed by atoms with Gasteiger partial charge in [0, 0.05) is 0 Å². The monoisotopic (exact) mass is 428 g/mol. The van der Waals surface area contributed by atoms with Gasteiger partial charge < -0.3 is 0 Å². The molecular weight excluding hydrogens is 405 g/mol. The molecule has 0 bridgehead atoms. The molecule has 0 aromatic heterocycles. The molecule has 0 aliphatic carbocycles. The van der Waals surface area contributed by atoms with Crippen molar-refractivity contribution in [2.24, 2.45) is 0 Å². The first kappa shape index (κ1) is 18.2. The van der Waals surface area contributed by atoms with Crippen LogP contribution in [0.2, 0.25) is 0 Å². The molecule has 0 unspecified atom stereocenters. The standard InChI is InChI=1S/C24H23AsN3/c1-5-13-21(14-6-1)25(26-22-15-7-2-8-16-22,27-23-17-9-3-10-18-23)28-24-19-11-4-12-20-24/h1-20,26-28H/q+1. The average molecular weight is 428 g/mol. The van der Waals surface area contributed by atoms with Crippen LogP contribution >= 0.6 is 0 Å². The number of rotatable bonds is 7. The van der Waals surface area contributed by atoms with Crippen LogP contribution in [0.3, 0.4) is 0 Å². The van der Waals surface area contributed by atoms with Crippen molar-refractivity contribution in [2.75, 3.05) is 12.7 Å². The Morgan fingerprint density at radius 3 is 0.964 bits per heavy atom. The maximum atomic E-state index is 3.86. The molecule has 3 N–H and O–H groups in total. The first-order valence-electron chi connectivity index (χ1n) is 9.29. The summed E-state index contributed by atoms with van der Waals surface area (Å²) in [4.78, 5) is 0. The van der Waals surface area contributed by atoms with E-state index in [-0.39, 0.29) is 0 Å². The van der Waals surface area contributed by atoms with Gasteiger partial charge in [-0.15, -0.1) is 0 Å². The average Bonchev–Trinajstić information content (AvgIpc) is 2.76. The second-order valence-electron chi connectivity index (χ2n) is 6.44. The first-order chi connectivity index (χ1) is 13.8. The second-order valence-corrected chi connectivity index (χ2v) is 11.7. The molecule has 0 atom stereocenters. The van der Waals surface area contributed by atoms with E-state index >= 15 is 0 Å². The van der Waals surface area contributed by atoms with Gasteiger partial charge in [0.25, 0.3) is 0 Å². The van der Waals surface area contributed by atoms with E-state index in [1.807, 2.05) is 18.2 Å². The fraction of sp³-hybridized carbons (Fsp3) is 0. The Morgan fingerprint density at radius 2 is 0.643 bits per heavy atom. The van der Waals surface area contributed by atoms with Crippen molar-refractivity contribution in [1.82, 2.24) is 0 Å². The molecular formula is C24H23AsN3+. The number of para-hydroxylation sites is 3. The summed E-state index contributed by atoms with van der Waals surface area (Å²) in [7, 11) is 0. The van der Waals surface area contributed by atoms with Crippen LogP contribution in [0.15, 0.2) is 121 Å². The van der Waals surface area contributed by atoms with Crippen LogP contribution in [0.4, 0.5) is 17.1 Å². The summed E-state index contributed by atoms with van der Waals surface area (Å²) in [6, 6.07) is 41.7. The van der Waals surface area contributed by atoms with Crippen LogP contribution in [-0.2, 0) is 0 Å². The van der Waals surface area contributed by atoms with Crippen molar-refractivity contribution < 1.29 is 0 Å².